The number of sulfonamides is 1. The highest BCUT2D eigenvalue weighted by molar-refractivity contribution is 7.88. The Morgan fingerprint density at radius 2 is 1.85 bits per heavy atom. The fourth-order valence-corrected chi connectivity index (χ4v) is 3.91. The maximum atomic E-state index is 13.8. The predicted octanol–water partition coefficient (Wildman–Crippen LogP) is 2.22. The Labute approximate surface area is 153 Å². The molecule has 0 fully saturated rings. The van der Waals surface area contributed by atoms with Gasteiger partial charge in [0.1, 0.15) is 5.82 Å². The van der Waals surface area contributed by atoms with Crippen LogP contribution in [-0.4, -0.2) is 44.5 Å². The highest BCUT2D eigenvalue weighted by Crippen LogP contribution is 2.27. The smallest absolute Gasteiger partial charge is 0.242 e. The number of rotatable bonds is 6. The van der Waals surface area contributed by atoms with E-state index >= 15 is 0 Å². The molecule has 0 aromatic heterocycles. The second-order valence-corrected chi connectivity index (χ2v) is 8.34. The van der Waals surface area contributed by atoms with Gasteiger partial charge in [-0.05, 0) is 36.1 Å². The van der Waals surface area contributed by atoms with Crippen molar-refractivity contribution < 1.29 is 17.6 Å². The van der Waals surface area contributed by atoms with Gasteiger partial charge in [0.25, 0.3) is 0 Å². The molecule has 5 nitrogen and oxygen atoms in total. The zero-order valence-electron chi connectivity index (χ0n) is 14.6. The average Bonchev–Trinajstić information content (AvgIpc) is 3.03. The number of hydrogen-bond acceptors (Lipinski definition) is 3. The molecule has 0 saturated carbocycles. The zero-order valence-corrected chi connectivity index (χ0v) is 15.4. The summed E-state index contributed by atoms with van der Waals surface area (Å²) in [6, 6.07) is 13.9. The molecule has 0 aliphatic carbocycles. The van der Waals surface area contributed by atoms with Gasteiger partial charge in [-0.3, -0.25) is 4.79 Å². The third kappa shape index (κ3) is 4.11. The largest absolute Gasteiger partial charge is 0.311 e. The third-order valence-electron chi connectivity index (χ3n) is 4.56. The van der Waals surface area contributed by atoms with Crippen LogP contribution >= 0.6 is 0 Å². The SMILES string of the molecule is CS(=O)(=O)N(CCc1ccccc1F)CC(=O)N1CCc2ccccc21. The monoisotopic (exact) mass is 376 g/mol. The molecular weight excluding hydrogens is 355 g/mol. The van der Waals surface area contributed by atoms with Gasteiger partial charge in [0.05, 0.1) is 12.8 Å². The maximum Gasteiger partial charge on any atom is 0.242 e. The van der Waals surface area contributed by atoms with Gasteiger partial charge in [-0.25, -0.2) is 12.8 Å². The molecule has 2 aromatic rings. The number of benzene rings is 2. The van der Waals surface area contributed by atoms with Crippen molar-refractivity contribution in [2.24, 2.45) is 0 Å². The number of carbonyl (C=O) groups is 1. The van der Waals surface area contributed by atoms with E-state index in [-0.39, 0.29) is 31.2 Å². The number of carbonyl (C=O) groups excluding carboxylic acids is 1. The lowest BCUT2D eigenvalue weighted by molar-refractivity contribution is -0.118. The van der Waals surface area contributed by atoms with Crippen LogP contribution < -0.4 is 4.90 Å². The first-order chi connectivity index (χ1) is 12.4. The number of fused-ring (bicyclic) bond motifs is 1. The molecular formula is C19H21FN2O3S. The van der Waals surface area contributed by atoms with Crippen LogP contribution in [0.4, 0.5) is 10.1 Å². The lowest BCUT2D eigenvalue weighted by Gasteiger charge is -2.23. The molecule has 1 heterocycles. The van der Waals surface area contributed by atoms with Crippen molar-refractivity contribution in [1.82, 2.24) is 4.31 Å². The van der Waals surface area contributed by atoms with Gasteiger partial charge in [-0.1, -0.05) is 36.4 Å². The van der Waals surface area contributed by atoms with Crippen molar-refractivity contribution in [1.29, 1.82) is 0 Å². The van der Waals surface area contributed by atoms with Crippen LogP contribution in [0.1, 0.15) is 11.1 Å². The van der Waals surface area contributed by atoms with E-state index in [1.54, 1.807) is 23.1 Å². The van der Waals surface area contributed by atoms with Crippen molar-refractivity contribution in [3.05, 3.63) is 65.5 Å². The van der Waals surface area contributed by atoms with E-state index in [0.29, 0.717) is 12.1 Å². The molecule has 2 aromatic carbocycles. The van der Waals surface area contributed by atoms with Crippen LogP contribution in [0.2, 0.25) is 0 Å². The van der Waals surface area contributed by atoms with Crippen LogP contribution in [0.3, 0.4) is 0 Å². The molecule has 0 N–H and O–H groups in total. The first kappa shape index (κ1) is 18.5. The van der Waals surface area contributed by atoms with Crippen molar-refractivity contribution in [2.75, 3.05) is 30.8 Å². The second-order valence-electron chi connectivity index (χ2n) is 6.36. The van der Waals surface area contributed by atoms with Crippen molar-refractivity contribution in [3.8, 4) is 0 Å². The Hall–Kier alpha value is -2.25. The molecule has 0 unspecified atom stereocenters. The molecule has 1 amide bonds. The van der Waals surface area contributed by atoms with Gasteiger partial charge in [0.2, 0.25) is 15.9 Å². The summed E-state index contributed by atoms with van der Waals surface area (Å²) in [5, 5.41) is 0. The van der Waals surface area contributed by atoms with Gasteiger partial charge in [-0.2, -0.15) is 4.31 Å². The van der Waals surface area contributed by atoms with Crippen molar-refractivity contribution in [3.63, 3.8) is 0 Å². The Morgan fingerprint density at radius 1 is 1.15 bits per heavy atom. The molecule has 0 bridgehead atoms. The fourth-order valence-electron chi connectivity index (χ4n) is 3.14. The Kier molecular flexibility index (Phi) is 5.38. The Bertz CT molecular complexity index is 915. The van der Waals surface area contributed by atoms with E-state index in [2.05, 4.69) is 0 Å². The van der Waals surface area contributed by atoms with E-state index in [0.717, 1.165) is 28.2 Å². The second kappa shape index (κ2) is 7.55. The lowest BCUT2D eigenvalue weighted by atomic mass is 10.1. The van der Waals surface area contributed by atoms with Crippen LogP contribution in [-0.2, 0) is 27.7 Å². The van der Waals surface area contributed by atoms with Gasteiger partial charge < -0.3 is 4.90 Å². The summed E-state index contributed by atoms with van der Waals surface area (Å²) in [6.45, 7) is 0.353. The Balaban J connectivity index is 1.71. The van der Waals surface area contributed by atoms with Crippen LogP contribution in [0.5, 0.6) is 0 Å². The molecule has 7 heteroatoms. The van der Waals surface area contributed by atoms with E-state index in [1.165, 1.54) is 6.07 Å². The summed E-state index contributed by atoms with van der Waals surface area (Å²) in [7, 11) is -3.59. The predicted molar refractivity (Wildman–Crippen MR) is 99.0 cm³/mol. The van der Waals surface area contributed by atoms with Gasteiger partial charge >= 0.3 is 0 Å². The molecule has 0 atom stereocenters. The number of para-hydroxylation sites is 1. The van der Waals surface area contributed by atoms with Crippen LogP contribution in [0, 0.1) is 5.82 Å². The first-order valence-corrected chi connectivity index (χ1v) is 10.3. The normalized spacial score (nSPS) is 13.9. The topological polar surface area (TPSA) is 57.7 Å². The summed E-state index contributed by atoms with van der Waals surface area (Å²) in [5.41, 5.74) is 2.35. The maximum absolute atomic E-state index is 13.8. The van der Waals surface area contributed by atoms with Gasteiger partial charge in [0.15, 0.2) is 0 Å². The molecule has 1 aliphatic rings. The minimum absolute atomic E-state index is 0.0565. The van der Waals surface area contributed by atoms with Crippen LogP contribution in [0.25, 0.3) is 0 Å². The molecule has 0 saturated heterocycles. The summed E-state index contributed by atoms with van der Waals surface area (Å²) in [6.07, 6.45) is 2.04. The highest BCUT2D eigenvalue weighted by atomic mass is 32.2. The van der Waals surface area contributed by atoms with Crippen molar-refractivity contribution in [2.45, 2.75) is 12.8 Å². The van der Waals surface area contributed by atoms with E-state index in [9.17, 15) is 17.6 Å². The number of amides is 1. The molecule has 26 heavy (non-hydrogen) atoms. The van der Waals surface area contributed by atoms with E-state index in [1.807, 2.05) is 24.3 Å². The molecule has 0 radical (unpaired) electrons. The number of halogens is 1. The zero-order chi connectivity index (χ0) is 18.7. The quantitative estimate of drug-likeness (QED) is 0.777. The minimum atomic E-state index is -3.59. The van der Waals surface area contributed by atoms with Crippen LogP contribution in [0.15, 0.2) is 48.5 Å². The summed E-state index contributed by atoms with van der Waals surface area (Å²) >= 11 is 0. The molecule has 0 spiro atoms. The van der Waals surface area contributed by atoms with Gasteiger partial charge in [-0.15, -0.1) is 0 Å². The summed E-state index contributed by atoms with van der Waals surface area (Å²) in [5.74, 6) is -0.644. The van der Waals surface area contributed by atoms with Crippen molar-refractivity contribution >= 4 is 21.6 Å². The standard InChI is InChI=1S/C19H21FN2O3S/c1-26(24,25)21(12-10-15-6-2-4-8-17(15)20)14-19(23)22-13-11-16-7-3-5-9-18(16)22/h2-9H,10-14H2,1H3. The molecule has 138 valence electrons. The molecule has 1 aliphatic heterocycles. The third-order valence-corrected chi connectivity index (χ3v) is 5.81. The lowest BCUT2D eigenvalue weighted by Crippen LogP contribution is -2.43. The van der Waals surface area contributed by atoms with Gasteiger partial charge in [0, 0.05) is 18.8 Å². The minimum Gasteiger partial charge on any atom is -0.311 e. The van der Waals surface area contributed by atoms with E-state index in [4.69, 9.17) is 0 Å². The number of anilines is 1. The number of nitrogens with zero attached hydrogens (tertiary/aromatic N) is 2. The first-order valence-electron chi connectivity index (χ1n) is 8.43. The Morgan fingerprint density at radius 3 is 2.58 bits per heavy atom. The highest BCUT2D eigenvalue weighted by Gasteiger charge is 2.28. The molecule has 3 rings (SSSR count). The van der Waals surface area contributed by atoms with E-state index < -0.39 is 10.0 Å². The average molecular weight is 376 g/mol. The summed E-state index contributed by atoms with van der Waals surface area (Å²) in [4.78, 5) is 14.3. The number of hydrogen-bond donors (Lipinski definition) is 0. The summed E-state index contributed by atoms with van der Waals surface area (Å²) < 4.78 is 39.1. The fraction of sp³-hybridized carbons (Fsp3) is 0.316.